The Morgan fingerprint density at radius 2 is 1.96 bits per heavy atom. The number of hydrogen-bond donors (Lipinski definition) is 0. The molecule has 6 heteroatoms. The van der Waals surface area contributed by atoms with Crippen molar-refractivity contribution in [1.29, 1.82) is 0 Å². The summed E-state index contributed by atoms with van der Waals surface area (Å²) in [5.41, 5.74) is 1.66. The number of piperidine rings is 1. The van der Waals surface area contributed by atoms with Crippen molar-refractivity contribution in [3.63, 3.8) is 0 Å². The fraction of sp³-hybridized carbons (Fsp3) is 0.545. The van der Waals surface area contributed by atoms with Crippen LogP contribution in [0.2, 0.25) is 0 Å². The van der Waals surface area contributed by atoms with Crippen molar-refractivity contribution in [2.45, 2.75) is 57.5 Å². The third-order valence-electron chi connectivity index (χ3n) is 6.61. The molecule has 0 unspecified atom stereocenters. The fourth-order valence-corrected chi connectivity index (χ4v) is 5.83. The number of aryl methyl sites for hydroxylation is 1. The van der Waals surface area contributed by atoms with Gasteiger partial charge in [-0.2, -0.15) is 0 Å². The van der Waals surface area contributed by atoms with Gasteiger partial charge in [0.05, 0.1) is 11.7 Å². The Bertz CT molecular complexity index is 865. The molecule has 2 saturated heterocycles. The van der Waals surface area contributed by atoms with E-state index in [0.29, 0.717) is 0 Å². The molecule has 1 amide bonds. The van der Waals surface area contributed by atoms with Crippen LogP contribution in [0.4, 0.5) is 4.39 Å². The number of benzene rings is 1. The first kappa shape index (κ1) is 19.5. The Kier molecular flexibility index (Phi) is 5.27. The number of carbonyl (C=O) groups excluding carboxylic acids is 1. The first-order valence-electron chi connectivity index (χ1n) is 10.2. The Morgan fingerprint density at radius 3 is 2.71 bits per heavy atom. The van der Waals surface area contributed by atoms with Crippen molar-refractivity contribution < 1.29 is 9.18 Å². The summed E-state index contributed by atoms with van der Waals surface area (Å²) in [5.74, 6) is -0.159. The van der Waals surface area contributed by atoms with Gasteiger partial charge < -0.3 is 4.90 Å². The molecule has 4 nitrogen and oxygen atoms in total. The van der Waals surface area contributed by atoms with Gasteiger partial charge in [0.25, 0.3) is 5.91 Å². The summed E-state index contributed by atoms with van der Waals surface area (Å²) in [6.07, 6.45) is 5.59. The molecule has 150 valence electrons. The number of amides is 1. The zero-order valence-corrected chi connectivity index (χ0v) is 17.7. The second-order valence-corrected chi connectivity index (χ2v) is 9.33. The lowest BCUT2D eigenvalue weighted by atomic mass is 9.80. The second kappa shape index (κ2) is 7.56. The lowest BCUT2D eigenvalue weighted by Gasteiger charge is -2.51. The van der Waals surface area contributed by atoms with E-state index in [2.05, 4.69) is 28.8 Å². The predicted molar refractivity (Wildman–Crippen MR) is 111 cm³/mol. The van der Waals surface area contributed by atoms with E-state index in [4.69, 9.17) is 0 Å². The SMILES string of the molecule is Cc1nc(-c2ccc(F)cc2)sc1C(=O)N1CCC[C@@]2(C)[C@@H]1CCCCN2C. The first-order valence-corrected chi connectivity index (χ1v) is 11.0. The van der Waals surface area contributed by atoms with Crippen molar-refractivity contribution in [2.24, 2.45) is 0 Å². The standard InChI is InChI=1S/C22H28FN3OS/c1-15-19(28-20(24-15)16-8-10-17(23)11-9-16)21(27)26-14-6-12-22(2)18(26)7-4-5-13-25(22)3/h8-11,18H,4-7,12-14H2,1-3H3/t18-,22-/m0/s1. The van der Waals surface area contributed by atoms with Crippen LogP contribution in [0, 0.1) is 12.7 Å². The Labute approximate surface area is 170 Å². The second-order valence-electron chi connectivity index (χ2n) is 8.33. The van der Waals surface area contributed by atoms with Crippen molar-refractivity contribution >= 4 is 17.2 Å². The monoisotopic (exact) mass is 401 g/mol. The number of aromatic nitrogens is 1. The van der Waals surface area contributed by atoms with E-state index in [1.165, 1.54) is 29.9 Å². The summed E-state index contributed by atoms with van der Waals surface area (Å²) in [6, 6.07) is 6.56. The van der Waals surface area contributed by atoms with E-state index < -0.39 is 0 Å². The van der Waals surface area contributed by atoms with E-state index in [9.17, 15) is 9.18 Å². The molecule has 0 aliphatic carbocycles. The van der Waals surface area contributed by atoms with Gasteiger partial charge in [0.2, 0.25) is 0 Å². The van der Waals surface area contributed by atoms with Crippen LogP contribution in [0.3, 0.4) is 0 Å². The number of hydrogen-bond acceptors (Lipinski definition) is 4. The molecule has 2 atom stereocenters. The molecular formula is C22H28FN3OS. The number of nitrogens with zero attached hydrogens (tertiary/aromatic N) is 3. The van der Waals surface area contributed by atoms with Gasteiger partial charge in [-0.25, -0.2) is 9.37 Å². The third-order valence-corrected chi connectivity index (χ3v) is 7.81. The van der Waals surface area contributed by atoms with E-state index in [-0.39, 0.29) is 23.3 Å². The molecule has 1 aromatic carbocycles. The van der Waals surface area contributed by atoms with Gasteiger partial charge in [-0.1, -0.05) is 6.42 Å². The molecule has 0 radical (unpaired) electrons. The maximum absolute atomic E-state index is 13.6. The number of carbonyl (C=O) groups is 1. The van der Waals surface area contributed by atoms with Crippen LogP contribution >= 0.6 is 11.3 Å². The van der Waals surface area contributed by atoms with Crippen molar-refractivity contribution in [3.8, 4) is 10.6 Å². The largest absolute Gasteiger partial charge is 0.333 e. The highest BCUT2D eigenvalue weighted by Gasteiger charge is 2.46. The summed E-state index contributed by atoms with van der Waals surface area (Å²) < 4.78 is 13.2. The topological polar surface area (TPSA) is 36.4 Å². The maximum Gasteiger partial charge on any atom is 0.266 e. The van der Waals surface area contributed by atoms with Crippen molar-refractivity contribution in [3.05, 3.63) is 40.7 Å². The molecular weight excluding hydrogens is 373 g/mol. The van der Waals surface area contributed by atoms with Crippen LogP contribution in [0.1, 0.15) is 54.4 Å². The molecule has 0 spiro atoms. The number of fused-ring (bicyclic) bond motifs is 1. The molecule has 4 rings (SSSR count). The molecule has 0 bridgehead atoms. The number of rotatable bonds is 2. The molecule has 0 saturated carbocycles. The van der Waals surface area contributed by atoms with Gasteiger partial charge in [-0.15, -0.1) is 11.3 Å². The summed E-state index contributed by atoms with van der Waals surface area (Å²) in [4.78, 5) is 23.5. The highest BCUT2D eigenvalue weighted by Crippen LogP contribution is 2.39. The van der Waals surface area contributed by atoms with Crippen LogP contribution in [0.25, 0.3) is 10.6 Å². The Balaban J connectivity index is 1.64. The lowest BCUT2D eigenvalue weighted by molar-refractivity contribution is -0.00315. The highest BCUT2D eigenvalue weighted by atomic mass is 32.1. The summed E-state index contributed by atoms with van der Waals surface area (Å²) in [6.45, 7) is 6.14. The molecule has 2 aliphatic rings. The minimum atomic E-state index is -0.265. The highest BCUT2D eigenvalue weighted by molar-refractivity contribution is 7.17. The fourth-order valence-electron chi connectivity index (χ4n) is 4.80. The summed E-state index contributed by atoms with van der Waals surface area (Å²) >= 11 is 1.43. The van der Waals surface area contributed by atoms with E-state index in [1.807, 2.05) is 6.92 Å². The average Bonchev–Trinajstić information content (AvgIpc) is 3.00. The van der Waals surface area contributed by atoms with Crippen LogP contribution in [0.15, 0.2) is 24.3 Å². The van der Waals surface area contributed by atoms with Crippen LogP contribution in [0.5, 0.6) is 0 Å². The van der Waals surface area contributed by atoms with Gasteiger partial charge in [0.15, 0.2) is 0 Å². The molecule has 28 heavy (non-hydrogen) atoms. The average molecular weight is 402 g/mol. The summed E-state index contributed by atoms with van der Waals surface area (Å²) in [5, 5.41) is 0.776. The number of halogens is 1. The normalized spacial score (nSPS) is 26.0. The molecule has 1 aromatic heterocycles. The molecule has 2 aliphatic heterocycles. The van der Waals surface area contributed by atoms with E-state index in [0.717, 1.165) is 59.9 Å². The van der Waals surface area contributed by atoms with Crippen LogP contribution < -0.4 is 0 Å². The predicted octanol–water partition coefficient (Wildman–Crippen LogP) is 4.74. The number of thiazole rings is 1. The van der Waals surface area contributed by atoms with Crippen LogP contribution in [-0.2, 0) is 0 Å². The van der Waals surface area contributed by atoms with Crippen molar-refractivity contribution in [1.82, 2.24) is 14.8 Å². The van der Waals surface area contributed by atoms with Crippen molar-refractivity contribution in [2.75, 3.05) is 20.1 Å². The number of likely N-dealkylation sites (N-methyl/N-ethyl adjacent to an activating group) is 1. The molecule has 2 fully saturated rings. The van der Waals surface area contributed by atoms with Gasteiger partial charge in [-0.3, -0.25) is 9.69 Å². The quantitative estimate of drug-likeness (QED) is 0.729. The Hall–Kier alpha value is -1.79. The van der Waals surface area contributed by atoms with E-state index >= 15 is 0 Å². The Morgan fingerprint density at radius 1 is 1.21 bits per heavy atom. The maximum atomic E-state index is 13.6. The third kappa shape index (κ3) is 3.37. The molecule has 0 N–H and O–H groups in total. The smallest absolute Gasteiger partial charge is 0.266 e. The number of likely N-dealkylation sites (tertiary alicyclic amines) is 2. The molecule has 3 heterocycles. The minimum absolute atomic E-state index is 0.0444. The van der Waals surface area contributed by atoms with Gasteiger partial charge >= 0.3 is 0 Å². The minimum Gasteiger partial charge on any atom is -0.333 e. The zero-order valence-electron chi connectivity index (χ0n) is 16.9. The van der Waals surface area contributed by atoms with Crippen LogP contribution in [-0.4, -0.2) is 52.4 Å². The van der Waals surface area contributed by atoms with Gasteiger partial charge in [0.1, 0.15) is 15.7 Å². The zero-order chi connectivity index (χ0) is 19.9. The molecule has 2 aromatic rings. The van der Waals surface area contributed by atoms with Gasteiger partial charge in [-0.05, 0) is 77.4 Å². The first-order chi connectivity index (χ1) is 13.4. The summed E-state index contributed by atoms with van der Waals surface area (Å²) in [7, 11) is 2.21. The van der Waals surface area contributed by atoms with Gasteiger partial charge in [0, 0.05) is 17.6 Å². The van der Waals surface area contributed by atoms with E-state index in [1.54, 1.807) is 12.1 Å². The lowest BCUT2D eigenvalue weighted by Crippen LogP contribution is -2.63.